The first kappa shape index (κ1) is 47.3. The maximum Gasteiger partial charge on any atom is 0.335 e. The molecule has 9 aliphatic rings. The van der Waals surface area contributed by atoms with Crippen LogP contribution in [0.15, 0.2) is 69.9 Å². The minimum atomic E-state index is -1.89. The maximum absolute atomic E-state index is 16.6. The number of hydrogen-bond acceptors (Lipinski definition) is 12. The first-order valence-corrected chi connectivity index (χ1v) is 23.5. The first-order valence-electron chi connectivity index (χ1n) is 23.5. The first-order chi connectivity index (χ1) is 31.4. The van der Waals surface area contributed by atoms with E-state index in [4.69, 9.17) is 28.4 Å². The van der Waals surface area contributed by atoms with E-state index in [2.05, 4.69) is 41.5 Å². The van der Waals surface area contributed by atoms with Crippen LogP contribution in [0.4, 0.5) is 0 Å². The number of rotatable bonds is 4. The molecule has 0 saturated carbocycles. The van der Waals surface area contributed by atoms with Gasteiger partial charge in [0.1, 0.15) is 11.5 Å². The van der Waals surface area contributed by atoms with Crippen LogP contribution in [0.1, 0.15) is 116 Å². The van der Waals surface area contributed by atoms with E-state index >= 15 is 9.59 Å². The van der Waals surface area contributed by atoms with Crippen molar-refractivity contribution in [2.24, 2.45) is 33.5 Å². The fourth-order valence-corrected chi connectivity index (χ4v) is 12.8. The van der Waals surface area contributed by atoms with E-state index in [1.807, 2.05) is 78.0 Å². The van der Waals surface area contributed by atoms with Crippen LogP contribution < -0.4 is 9.47 Å². The maximum atomic E-state index is 16.6. The van der Waals surface area contributed by atoms with Gasteiger partial charge in [-0.2, -0.15) is 0 Å². The molecule has 0 saturated heterocycles. The Morgan fingerprint density at radius 3 is 1.03 bits per heavy atom. The Labute approximate surface area is 398 Å². The van der Waals surface area contributed by atoms with E-state index < -0.39 is 91.0 Å². The Hall–Kier alpha value is -5.78. The molecule has 3 heterocycles. The summed E-state index contributed by atoms with van der Waals surface area (Å²) < 4.78 is 37.1. The molecule has 0 N–H and O–H groups in total. The number of ketones is 2. The largest absolute Gasteiger partial charge is 0.478 e. The molecule has 0 amide bonds. The van der Waals surface area contributed by atoms with Crippen LogP contribution in [0.25, 0.3) is 0 Å². The average molecular weight is 929 g/mol. The fourth-order valence-electron chi connectivity index (χ4n) is 12.8. The highest BCUT2D eigenvalue weighted by atomic mass is 16.5. The zero-order valence-electron chi connectivity index (χ0n) is 42.3. The van der Waals surface area contributed by atoms with Crippen molar-refractivity contribution >= 4 is 35.4 Å². The molecule has 4 spiro atoms. The molecular weight excluding hydrogens is 865 g/mol. The molecule has 3 aliphatic heterocycles. The summed E-state index contributed by atoms with van der Waals surface area (Å²) in [5.74, 6) is -5.77. The van der Waals surface area contributed by atoms with Crippen molar-refractivity contribution < 1.29 is 57.2 Å². The molecule has 360 valence electrons. The number of benzene rings is 2. The summed E-state index contributed by atoms with van der Waals surface area (Å²) in [5, 5.41) is 0. The quantitative estimate of drug-likeness (QED) is 0.165. The molecule has 8 bridgehead atoms. The van der Waals surface area contributed by atoms with Crippen LogP contribution in [0, 0.1) is 33.5 Å². The standard InChI is InChI=1S/C56H64O12/c1-49(2,3)31-17-27-21-53-25-33(51(7,8)9)38(36(44(58)64-14)39(53)45(59)65-15)56(47(53)61)24-30-20-32(50(4,5)6)18-28(42(30)68-56)22-54-26-34(52(10,11)12)37(35(43(57)63-13)40(54)46(60)66-16)55(48(54)62)23-29(19-31)41(27)67-55/h17-20,25-26,37-38H,21-24H2,1-16H3. The zero-order chi connectivity index (χ0) is 50.0. The van der Waals surface area contributed by atoms with Gasteiger partial charge in [0, 0.05) is 12.8 Å². The fraction of sp³-hybridized carbons (Fsp3) is 0.536. The summed E-state index contributed by atoms with van der Waals surface area (Å²) in [4.78, 5) is 91.8. The molecule has 6 atom stereocenters. The smallest absolute Gasteiger partial charge is 0.335 e. The minimum absolute atomic E-state index is 0.00729. The number of allylic oxidation sites excluding steroid dienone is 2. The lowest BCUT2D eigenvalue weighted by molar-refractivity contribution is -0.155. The summed E-state index contributed by atoms with van der Waals surface area (Å²) in [5.41, 5.74) is -4.64. The summed E-state index contributed by atoms with van der Waals surface area (Å²) >= 11 is 0. The van der Waals surface area contributed by atoms with Gasteiger partial charge < -0.3 is 28.4 Å². The Bertz CT molecular complexity index is 2660. The summed E-state index contributed by atoms with van der Waals surface area (Å²) in [6, 6.07) is 7.92. The molecule has 11 rings (SSSR count). The highest BCUT2D eigenvalue weighted by Crippen LogP contribution is 2.67. The van der Waals surface area contributed by atoms with Crippen LogP contribution in [-0.4, -0.2) is 75.1 Å². The van der Waals surface area contributed by atoms with E-state index in [0.717, 1.165) is 11.1 Å². The number of Topliss-reactive ketones (excluding diaryl/α,β-unsaturated/α-hetero) is 2. The number of ether oxygens (including phenoxy) is 6. The van der Waals surface area contributed by atoms with E-state index in [0.29, 0.717) is 44.9 Å². The topological polar surface area (TPSA) is 158 Å². The zero-order valence-corrected chi connectivity index (χ0v) is 42.3. The highest BCUT2D eigenvalue weighted by molar-refractivity contribution is 6.17. The van der Waals surface area contributed by atoms with Crippen LogP contribution in [0.2, 0.25) is 0 Å². The molecule has 6 aliphatic carbocycles. The molecule has 2 aromatic carbocycles. The lowest BCUT2D eigenvalue weighted by Gasteiger charge is -2.56. The highest BCUT2D eigenvalue weighted by Gasteiger charge is 2.74. The molecule has 0 radical (unpaired) electrons. The number of hydrogen-bond donors (Lipinski definition) is 0. The molecular formula is C56H64O12. The van der Waals surface area contributed by atoms with E-state index in [-0.39, 0.29) is 48.0 Å². The second kappa shape index (κ2) is 14.4. The minimum Gasteiger partial charge on any atom is -0.478 e. The van der Waals surface area contributed by atoms with Gasteiger partial charge in [0.05, 0.1) is 73.4 Å². The van der Waals surface area contributed by atoms with Gasteiger partial charge in [0.2, 0.25) is 0 Å². The van der Waals surface area contributed by atoms with Gasteiger partial charge >= 0.3 is 23.9 Å². The lowest BCUT2D eigenvalue weighted by Crippen LogP contribution is -2.67. The second-order valence-electron chi connectivity index (χ2n) is 24.1. The van der Waals surface area contributed by atoms with Gasteiger partial charge in [-0.25, -0.2) is 19.2 Å². The van der Waals surface area contributed by atoms with Crippen molar-refractivity contribution in [1.82, 2.24) is 0 Å². The SMILES string of the molecule is COC(=O)C1=C(C(=O)OC)C23C=C(C(C)(C)C)C1C1(Cc4cc(C(C)(C)C)cc(c4O1)CC14C=C(C(C)(C)C)C(C(C(=O)OC)=C1C(=O)OC)C1(Cc5cc(C(C)(C)C)cc(c5O1)C2)C4=O)C3=O. The molecule has 68 heavy (non-hydrogen) atoms. The van der Waals surface area contributed by atoms with E-state index in [9.17, 15) is 19.2 Å². The van der Waals surface area contributed by atoms with Crippen molar-refractivity contribution in [3.05, 3.63) is 103 Å². The number of carbonyl (C=O) groups is 6. The van der Waals surface area contributed by atoms with Gasteiger partial charge in [-0.3, -0.25) is 9.59 Å². The Balaban J connectivity index is 1.51. The monoisotopic (exact) mass is 928 g/mol. The Morgan fingerprint density at radius 2 is 0.765 bits per heavy atom. The van der Waals surface area contributed by atoms with Crippen molar-refractivity contribution in [3.8, 4) is 11.5 Å². The van der Waals surface area contributed by atoms with Gasteiger partial charge in [0.25, 0.3) is 0 Å². The van der Waals surface area contributed by atoms with E-state index in [1.165, 1.54) is 28.4 Å². The average Bonchev–Trinajstić information content (AvgIpc) is 3.84. The predicted molar refractivity (Wildman–Crippen MR) is 251 cm³/mol. The van der Waals surface area contributed by atoms with Gasteiger partial charge in [-0.1, -0.05) is 131 Å². The van der Waals surface area contributed by atoms with Crippen molar-refractivity contribution in [3.63, 3.8) is 0 Å². The van der Waals surface area contributed by atoms with Crippen molar-refractivity contribution in [2.45, 2.75) is 131 Å². The third-order valence-electron chi connectivity index (χ3n) is 15.9. The third kappa shape index (κ3) is 6.09. The second-order valence-corrected chi connectivity index (χ2v) is 24.1. The molecule has 12 heteroatoms. The molecule has 6 unspecified atom stereocenters. The third-order valence-corrected chi connectivity index (χ3v) is 15.9. The number of methoxy groups -OCH3 is 4. The normalized spacial score (nSPS) is 28.9. The van der Waals surface area contributed by atoms with Crippen molar-refractivity contribution in [1.29, 1.82) is 0 Å². The van der Waals surface area contributed by atoms with E-state index in [1.54, 1.807) is 0 Å². The Morgan fingerprint density at radius 1 is 0.471 bits per heavy atom. The summed E-state index contributed by atoms with van der Waals surface area (Å²) in [6.07, 6.45) is 3.29. The number of esters is 4. The lowest BCUT2D eigenvalue weighted by atomic mass is 9.47. The van der Waals surface area contributed by atoms with Crippen molar-refractivity contribution in [2.75, 3.05) is 28.4 Å². The summed E-state index contributed by atoms with van der Waals surface area (Å²) in [6.45, 7) is 24.4. The molecule has 2 aromatic rings. The molecule has 12 nitrogen and oxygen atoms in total. The predicted octanol–water partition coefficient (Wildman–Crippen LogP) is 8.06. The molecule has 0 aromatic heterocycles. The number of carbonyl (C=O) groups excluding carboxylic acids is 6. The van der Waals surface area contributed by atoms with Crippen LogP contribution in [-0.2, 0) is 84.2 Å². The van der Waals surface area contributed by atoms with Crippen LogP contribution >= 0.6 is 0 Å². The van der Waals surface area contributed by atoms with Crippen LogP contribution in [0.5, 0.6) is 11.5 Å². The molecule has 0 fully saturated rings. The van der Waals surface area contributed by atoms with Gasteiger partial charge in [-0.05, 0) is 67.9 Å². The van der Waals surface area contributed by atoms with Crippen LogP contribution in [0.3, 0.4) is 0 Å². The van der Waals surface area contributed by atoms with Gasteiger partial charge in [0.15, 0.2) is 22.8 Å². The van der Waals surface area contributed by atoms with Gasteiger partial charge in [-0.15, -0.1) is 0 Å². The Kier molecular flexibility index (Phi) is 10.0. The summed E-state index contributed by atoms with van der Waals surface area (Å²) in [7, 11) is 4.96.